The summed E-state index contributed by atoms with van der Waals surface area (Å²) in [6.45, 7) is 3.94. The maximum absolute atomic E-state index is 12.3. The number of carbonyl (C=O) groups excluding carboxylic acids is 1. The largest absolute Gasteiger partial charge is 0.455 e. The molecule has 10 heteroatoms. The summed E-state index contributed by atoms with van der Waals surface area (Å²) in [6.07, 6.45) is -4.01. The average Bonchev–Trinajstić information content (AvgIpc) is 2.94. The Balaban J connectivity index is 1.83. The van der Waals surface area contributed by atoms with Crippen molar-refractivity contribution in [1.29, 1.82) is 0 Å². The van der Waals surface area contributed by atoms with Crippen molar-refractivity contribution in [2.75, 3.05) is 6.61 Å². The smallest absolute Gasteiger partial charge is 0.373 e. The number of alkyl halides is 3. The van der Waals surface area contributed by atoms with Gasteiger partial charge in [-0.25, -0.2) is 4.79 Å². The number of aromatic nitrogens is 2. The molecule has 1 aromatic rings. The molecule has 1 unspecified atom stereocenters. The monoisotopic (exact) mass is 308 g/mol. The summed E-state index contributed by atoms with van der Waals surface area (Å²) in [6, 6.07) is -0.712. The maximum atomic E-state index is 12.3. The molecule has 2 N–H and O–H groups in total. The summed E-state index contributed by atoms with van der Waals surface area (Å²) in [5, 5.41) is 7.84. The van der Waals surface area contributed by atoms with E-state index in [4.69, 9.17) is 4.74 Å². The minimum absolute atomic E-state index is 0.175. The standard InChI is InChI=1S/C11H15F3N4O3/c1-10(2)6(3-4-20-10)16-9(19)15-5-7-17-8(18-21-7)11(12,13)14/h6H,3-5H2,1-2H3,(H2,15,16,19). The van der Waals surface area contributed by atoms with Crippen molar-refractivity contribution in [2.24, 2.45) is 0 Å². The molecule has 0 aromatic carbocycles. The van der Waals surface area contributed by atoms with Crippen LogP contribution in [0.4, 0.5) is 18.0 Å². The van der Waals surface area contributed by atoms with Crippen LogP contribution in [-0.4, -0.2) is 34.4 Å². The summed E-state index contributed by atoms with van der Waals surface area (Å²) in [5.74, 6) is -1.69. The lowest BCUT2D eigenvalue weighted by Crippen LogP contribution is -2.49. The first-order valence-corrected chi connectivity index (χ1v) is 6.26. The molecule has 2 heterocycles. The van der Waals surface area contributed by atoms with Crippen molar-refractivity contribution in [3.63, 3.8) is 0 Å². The zero-order valence-corrected chi connectivity index (χ0v) is 11.5. The first-order valence-electron chi connectivity index (χ1n) is 6.26. The number of nitrogens with one attached hydrogen (secondary N) is 2. The maximum Gasteiger partial charge on any atom is 0.455 e. The van der Waals surface area contributed by atoms with Gasteiger partial charge in [-0.2, -0.15) is 18.2 Å². The van der Waals surface area contributed by atoms with Crippen LogP contribution in [0.1, 0.15) is 32.0 Å². The Kier molecular flexibility index (Phi) is 4.08. The highest BCUT2D eigenvalue weighted by molar-refractivity contribution is 5.74. The number of hydrogen-bond donors (Lipinski definition) is 2. The van der Waals surface area contributed by atoms with Crippen LogP contribution in [0.2, 0.25) is 0 Å². The van der Waals surface area contributed by atoms with Crippen molar-refractivity contribution < 1.29 is 27.2 Å². The molecule has 118 valence electrons. The molecule has 0 aliphatic carbocycles. The average molecular weight is 308 g/mol. The van der Waals surface area contributed by atoms with E-state index in [9.17, 15) is 18.0 Å². The van der Waals surface area contributed by atoms with Gasteiger partial charge in [-0.1, -0.05) is 5.16 Å². The van der Waals surface area contributed by atoms with Crippen LogP contribution in [0.3, 0.4) is 0 Å². The number of halogens is 3. The van der Waals surface area contributed by atoms with E-state index in [1.54, 1.807) is 0 Å². The summed E-state index contributed by atoms with van der Waals surface area (Å²) < 4.78 is 46.6. The molecule has 7 nitrogen and oxygen atoms in total. The molecule has 21 heavy (non-hydrogen) atoms. The zero-order valence-electron chi connectivity index (χ0n) is 11.5. The second-order valence-corrected chi connectivity index (χ2v) is 5.13. The van der Waals surface area contributed by atoms with Gasteiger partial charge in [0.1, 0.15) is 0 Å². The Hall–Kier alpha value is -1.84. The number of amides is 2. The lowest BCUT2D eigenvalue weighted by molar-refractivity contribution is -0.146. The molecular weight excluding hydrogens is 293 g/mol. The third-order valence-electron chi connectivity index (χ3n) is 3.15. The molecule has 1 aliphatic heterocycles. The van der Waals surface area contributed by atoms with Crippen LogP contribution in [0.5, 0.6) is 0 Å². The number of hydrogen-bond acceptors (Lipinski definition) is 5. The lowest BCUT2D eigenvalue weighted by Gasteiger charge is -2.26. The molecule has 0 spiro atoms. The van der Waals surface area contributed by atoms with Crippen LogP contribution < -0.4 is 10.6 Å². The minimum Gasteiger partial charge on any atom is -0.373 e. The fourth-order valence-corrected chi connectivity index (χ4v) is 1.94. The third-order valence-corrected chi connectivity index (χ3v) is 3.15. The van der Waals surface area contributed by atoms with Gasteiger partial charge in [0.15, 0.2) is 0 Å². The molecule has 0 bridgehead atoms. The summed E-state index contributed by atoms with van der Waals surface area (Å²) in [7, 11) is 0. The van der Waals surface area contributed by atoms with Gasteiger partial charge < -0.3 is 19.9 Å². The number of ether oxygens (including phenoxy) is 1. The van der Waals surface area contributed by atoms with Crippen LogP contribution in [0, 0.1) is 0 Å². The van der Waals surface area contributed by atoms with Gasteiger partial charge in [0.25, 0.3) is 5.82 Å². The number of rotatable bonds is 3. The van der Waals surface area contributed by atoms with Gasteiger partial charge >= 0.3 is 12.2 Å². The SMILES string of the molecule is CC1(C)OCCC1NC(=O)NCc1nc(C(F)(F)F)no1. The summed E-state index contributed by atoms with van der Waals surface area (Å²) >= 11 is 0. The van der Waals surface area contributed by atoms with Gasteiger partial charge in [0.05, 0.1) is 18.2 Å². The molecule has 1 fully saturated rings. The van der Waals surface area contributed by atoms with E-state index in [1.165, 1.54) is 0 Å². The number of urea groups is 1. The predicted molar refractivity (Wildman–Crippen MR) is 63.1 cm³/mol. The van der Waals surface area contributed by atoms with E-state index in [2.05, 4.69) is 25.3 Å². The molecule has 1 atom stereocenters. The molecule has 0 saturated carbocycles. The van der Waals surface area contributed by atoms with Crippen LogP contribution in [0.15, 0.2) is 4.52 Å². The van der Waals surface area contributed by atoms with Gasteiger partial charge in [-0.3, -0.25) is 0 Å². The van der Waals surface area contributed by atoms with Crippen molar-refractivity contribution in [2.45, 2.75) is 44.6 Å². The molecule has 0 radical (unpaired) electrons. The van der Waals surface area contributed by atoms with Gasteiger partial charge in [0.2, 0.25) is 5.89 Å². The Labute approximate surface area is 118 Å². The highest BCUT2D eigenvalue weighted by Gasteiger charge is 2.38. The number of nitrogens with zero attached hydrogens (tertiary/aromatic N) is 2. The molecule has 1 aliphatic rings. The minimum atomic E-state index is -4.67. The molecule has 2 amide bonds. The number of carbonyl (C=O) groups is 1. The molecule has 2 rings (SSSR count). The van der Waals surface area contributed by atoms with Crippen LogP contribution in [0.25, 0.3) is 0 Å². The van der Waals surface area contributed by atoms with Crippen molar-refractivity contribution in [3.05, 3.63) is 11.7 Å². The zero-order chi connectivity index (χ0) is 15.7. The van der Waals surface area contributed by atoms with E-state index < -0.39 is 23.6 Å². The fraction of sp³-hybridized carbons (Fsp3) is 0.727. The lowest BCUT2D eigenvalue weighted by atomic mass is 9.99. The second-order valence-electron chi connectivity index (χ2n) is 5.13. The first kappa shape index (κ1) is 15.5. The highest BCUT2D eigenvalue weighted by Crippen LogP contribution is 2.26. The summed E-state index contributed by atoms with van der Waals surface area (Å²) in [4.78, 5) is 14.8. The van der Waals surface area contributed by atoms with Gasteiger partial charge in [-0.15, -0.1) is 0 Å². The molecule has 1 saturated heterocycles. The fourth-order valence-electron chi connectivity index (χ4n) is 1.94. The topological polar surface area (TPSA) is 89.3 Å². The second kappa shape index (κ2) is 5.51. The summed E-state index contributed by atoms with van der Waals surface area (Å²) in [5.41, 5.74) is -0.481. The highest BCUT2D eigenvalue weighted by atomic mass is 19.4. The quantitative estimate of drug-likeness (QED) is 0.882. The van der Waals surface area contributed by atoms with Crippen molar-refractivity contribution in [3.8, 4) is 0 Å². The Bertz CT molecular complexity index is 515. The van der Waals surface area contributed by atoms with E-state index in [-0.39, 0.29) is 18.5 Å². The Morgan fingerprint density at radius 3 is 2.71 bits per heavy atom. The van der Waals surface area contributed by atoms with Gasteiger partial charge in [0, 0.05) is 6.61 Å². The molecular formula is C11H15F3N4O3. The Morgan fingerprint density at radius 1 is 1.48 bits per heavy atom. The van der Waals surface area contributed by atoms with E-state index >= 15 is 0 Å². The van der Waals surface area contributed by atoms with Crippen LogP contribution >= 0.6 is 0 Å². The van der Waals surface area contributed by atoms with E-state index in [1.807, 2.05) is 13.8 Å². The third kappa shape index (κ3) is 3.84. The van der Waals surface area contributed by atoms with E-state index in [0.29, 0.717) is 13.0 Å². The van der Waals surface area contributed by atoms with Gasteiger partial charge in [-0.05, 0) is 20.3 Å². The van der Waals surface area contributed by atoms with E-state index in [0.717, 1.165) is 0 Å². The van der Waals surface area contributed by atoms with Crippen molar-refractivity contribution in [1.82, 2.24) is 20.8 Å². The van der Waals surface area contributed by atoms with Crippen LogP contribution in [-0.2, 0) is 17.5 Å². The Morgan fingerprint density at radius 2 is 2.19 bits per heavy atom. The molecule has 1 aromatic heterocycles. The normalized spacial score (nSPS) is 21.3. The van der Waals surface area contributed by atoms with Crippen molar-refractivity contribution >= 4 is 6.03 Å². The first-order chi connectivity index (χ1) is 9.68. The predicted octanol–water partition coefficient (Wildman–Crippen LogP) is 1.46.